The first kappa shape index (κ1) is 7.73. The molecule has 1 aromatic carbocycles. The number of rotatable bonds is 2. The van der Waals surface area contributed by atoms with E-state index in [1.54, 1.807) is 11.3 Å². The molecule has 3 heteroatoms. The third-order valence-corrected chi connectivity index (χ3v) is 2.79. The van der Waals surface area contributed by atoms with Gasteiger partial charge in [-0.05, 0) is 17.5 Å². The van der Waals surface area contributed by atoms with Crippen molar-refractivity contribution >= 4 is 21.4 Å². The van der Waals surface area contributed by atoms with Crippen molar-refractivity contribution in [2.24, 2.45) is 5.90 Å². The molecular formula is C9H9NOS. The first-order chi connectivity index (χ1) is 5.90. The van der Waals surface area contributed by atoms with Gasteiger partial charge in [-0.25, -0.2) is 5.90 Å². The second-order valence-corrected chi connectivity index (χ2v) is 3.73. The normalized spacial score (nSPS) is 10.8. The van der Waals surface area contributed by atoms with Gasteiger partial charge in [-0.3, -0.25) is 4.84 Å². The van der Waals surface area contributed by atoms with Crippen LogP contribution in [0.2, 0.25) is 0 Å². The lowest BCUT2D eigenvalue weighted by Gasteiger charge is -1.88. The van der Waals surface area contributed by atoms with Crippen LogP contribution in [-0.2, 0) is 11.4 Å². The maximum Gasteiger partial charge on any atom is 0.102 e. The third-order valence-electron chi connectivity index (χ3n) is 1.70. The zero-order valence-corrected chi connectivity index (χ0v) is 7.30. The zero-order valence-electron chi connectivity index (χ0n) is 6.49. The summed E-state index contributed by atoms with van der Waals surface area (Å²) in [5.41, 5.74) is 0. The Bertz CT molecular complexity index is 350. The number of benzene rings is 1. The van der Waals surface area contributed by atoms with Gasteiger partial charge in [-0.2, -0.15) is 0 Å². The molecular weight excluding hydrogens is 170 g/mol. The fourth-order valence-electron chi connectivity index (χ4n) is 1.19. The molecule has 0 aliphatic rings. The second-order valence-electron chi connectivity index (χ2n) is 2.56. The van der Waals surface area contributed by atoms with Gasteiger partial charge >= 0.3 is 0 Å². The molecule has 1 aromatic heterocycles. The van der Waals surface area contributed by atoms with E-state index in [4.69, 9.17) is 5.90 Å². The molecule has 1 heterocycles. The molecule has 0 aliphatic heterocycles. The van der Waals surface area contributed by atoms with Crippen molar-refractivity contribution in [2.75, 3.05) is 0 Å². The van der Waals surface area contributed by atoms with Gasteiger partial charge in [0, 0.05) is 9.58 Å². The van der Waals surface area contributed by atoms with Gasteiger partial charge in [-0.15, -0.1) is 11.3 Å². The fourth-order valence-corrected chi connectivity index (χ4v) is 2.18. The van der Waals surface area contributed by atoms with Crippen molar-refractivity contribution in [2.45, 2.75) is 6.61 Å². The number of hydrogen-bond donors (Lipinski definition) is 1. The zero-order chi connectivity index (χ0) is 8.39. The molecule has 0 spiro atoms. The highest BCUT2D eigenvalue weighted by Gasteiger charge is 1.99. The molecule has 0 aliphatic carbocycles. The Morgan fingerprint density at radius 2 is 2.17 bits per heavy atom. The summed E-state index contributed by atoms with van der Waals surface area (Å²) in [7, 11) is 0. The van der Waals surface area contributed by atoms with E-state index in [2.05, 4.69) is 23.0 Å². The lowest BCUT2D eigenvalue weighted by Crippen LogP contribution is -1.96. The Morgan fingerprint density at radius 1 is 1.33 bits per heavy atom. The van der Waals surface area contributed by atoms with Gasteiger partial charge in [0.05, 0.1) is 0 Å². The van der Waals surface area contributed by atoms with Crippen LogP contribution in [0.25, 0.3) is 10.1 Å². The van der Waals surface area contributed by atoms with E-state index < -0.39 is 0 Å². The molecule has 0 bridgehead atoms. The van der Waals surface area contributed by atoms with E-state index in [1.807, 2.05) is 12.1 Å². The predicted octanol–water partition coefficient (Wildman–Crippen LogP) is 2.29. The SMILES string of the molecule is NOCc1cc2ccccc2s1. The van der Waals surface area contributed by atoms with Crippen molar-refractivity contribution in [1.29, 1.82) is 0 Å². The van der Waals surface area contributed by atoms with Gasteiger partial charge in [0.15, 0.2) is 0 Å². The first-order valence-corrected chi connectivity index (χ1v) is 4.51. The highest BCUT2D eigenvalue weighted by atomic mass is 32.1. The molecule has 0 fully saturated rings. The molecule has 0 amide bonds. The van der Waals surface area contributed by atoms with Crippen LogP contribution in [0.1, 0.15) is 4.88 Å². The molecule has 62 valence electrons. The van der Waals surface area contributed by atoms with Crippen LogP contribution < -0.4 is 5.90 Å². The minimum absolute atomic E-state index is 0.499. The van der Waals surface area contributed by atoms with Crippen LogP contribution in [-0.4, -0.2) is 0 Å². The topological polar surface area (TPSA) is 35.2 Å². The summed E-state index contributed by atoms with van der Waals surface area (Å²) >= 11 is 1.72. The summed E-state index contributed by atoms with van der Waals surface area (Å²) in [5, 5.41) is 1.26. The van der Waals surface area contributed by atoms with Gasteiger partial charge < -0.3 is 0 Å². The molecule has 12 heavy (non-hydrogen) atoms. The van der Waals surface area contributed by atoms with Crippen LogP contribution in [0.5, 0.6) is 0 Å². The van der Waals surface area contributed by atoms with E-state index in [-0.39, 0.29) is 0 Å². The van der Waals surface area contributed by atoms with Crippen molar-refractivity contribution in [1.82, 2.24) is 0 Å². The van der Waals surface area contributed by atoms with Crippen molar-refractivity contribution in [3.63, 3.8) is 0 Å². The largest absolute Gasteiger partial charge is 0.299 e. The number of hydrogen-bond acceptors (Lipinski definition) is 3. The molecule has 2 rings (SSSR count). The van der Waals surface area contributed by atoms with Crippen LogP contribution in [0.3, 0.4) is 0 Å². The summed E-state index contributed by atoms with van der Waals surface area (Å²) < 4.78 is 1.28. The molecule has 0 saturated heterocycles. The quantitative estimate of drug-likeness (QED) is 0.718. The smallest absolute Gasteiger partial charge is 0.102 e. The van der Waals surface area contributed by atoms with Crippen LogP contribution in [0.15, 0.2) is 30.3 Å². The van der Waals surface area contributed by atoms with Crippen molar-refractivity contribution in [3.8, 4) is 0 Å². The van der Waals surface area contributed by atoms with Crippen molar-refractivity contribution in [3.05, 3.63) is 35.2 Å². The molecule has 0 unspecified atom stereocenters. The number of thiophene rings is 1. The van der Waals surface area contributed by atoms with Crippen molar-refractivity contribution < 1.29 is 4.84 Å². The number of fused-ring (bicyclic) bond motifs is 1. The third kappa shape index (κ3) is 1.34. The Kier molecular flexibility index (Phi) is 2.08. The molecule has 0 saturated carbocycles. The van der Waals surface area contributed by atoms with E-state index >= 15 is 0 Å². The predicted molar refractivity (Wildman–Crippen MR) is 50.8 cm³/mol. The summed E-state index contributed by atoms with van der Waals surface area (Å²) in [4.78, 5) is 5.73. The standard InChI is InChI=1S/C9H9NOS/c10-11-6-8-5-7-3-1-2-4-9(7)12-8/h1-5H,6,10H2. The average Bonchev–Trinajstić information content (AvgIpc) is 2.47. The molecule has 2 N–H and O–H groups in total. The molecule has 2 nitrogen and oxygen atoms in total. The lowest BCUT2D eigenvalue weighted by molar-refractivity contribution is 0.126. The van der Waals surface area contributed by atoms with Crippen LogP contribution >= 0.6 is 11.3 Å². The summed E-state index contributed by atoms with van der Waals surface area (Å²) in [6.45, 7) is 0.499. The fraction of sp³-hybridized carbons (Fsp3) is 0.111. The highest BCUT2D eigenvalue weighted by Crippen LogP contribution is 2.25. The second kappa shape index (κ2) is 3.23. The molecule has 0 radical (unpaired) electrons. The number of nitrogens with two attached hydrogens (primary N) is 1. The monoisotopic (exact) mass is 179 g/mol. The van der Waals surface area contributed by atoms with Gasteiger partial charge in [0.2, 0.25) is 0 Å². The maximum absolute atomic E-state index is 4.99. The average molecular weight is 179 g/mol. The summed E-state index contributed by atoms with van der Waals surface area (Å²) in [5.74, 6) is 4.99. The summed E-state index contributed by atoms with van der Waals surface area (Å²) in [6, 6.07) is 10.4. The maximum atomic E-state index is 4.99. The lowest BCUT2D eigenvalue weighted by atomic mass is 10.2. The highest BCUT2D eigenvalue weighted by molar-refractivity contribution is 7.19. The first-order valence-electron chi connectivity index (χ1n) is 3.69. The van der Waals surface area contributed by atoms with Gasteiger partial charge in [0.1, 0.15) is 6.61 Å². The summed E-state index contributed by atoms with van der Waals surface area (Å²) in [6.07, 6.45) is 0. The minimum Gasteiger partial charge on any atom is -0.299 e. The van der Waals surface area contributed by atoms with E-state index in [0.29, 0.717) is 6.61 Å². The van der Waals surface area contributed by atoms with E-state index in [0.717, 1.165) is 0 Å². The molecule has 0 atom stereocenters. The van der Waals surface area contributed by atoms with Gasteiger partial charge in [-0.1, -0.05) is 18.2 Å². The Labute approximate surface area is 74.5 Å². The minimum atomic E-state index is 0.499. The van der Waals surface area contributed by atoms with E-state index in [9.17, 15) is 0 Å². The Hall–Kier alpha value is -0.900. The molecule has 2 aromatic rings. The van der Waals surface area contributed by atoms with Gasteiger partial charge in [0.25, 0.3) is 0 Å². The van der Waals surface area contributed by atoms with Crippen LogP contribution in [0, 0.1) is 0 Å². The van der Waals surface area contributed by atoms with E-state index in [1.165, 1.54) is 15.0 Å². The Balaban J connectivity index is 2.47. The Morgan fingerprint density at radius 3 is 2.92 bits per heavy atom. The van der Waals surface area contributed by atoms with Crippen LogP contribution in [0.4, 0.5) is 0 Å².